The van der Waals surface area contributed by atoms with Gasteiger partial charge >= 0.3 is 0 Å². The summed E-state index contributed by atoms with van der Waals surface area (Å²) in [6, 6.07) is 3.67. The molecule has 2 aromatic rings. The van der Waals surface area contributed by atoms with E-state index in [0.717, 1.165) is 6.07 Å². The number of nitro benzene ring substituents is 1. The summed E-state index contributed by atoms with van der Waals surface area (Å²) in [4.78, 5) is 39.5. The molecule has 0 radical (unpaired) electrons. The number of hydrogen-bond acceptors (Lipinski definition) is 6. The van der Waals surface area contributed by atoms with Crippen LogP contribution in [-0.4, -0.2) is 40.7 Å². The SMILES string of the molecule is CNC(=O)c1csc(CN(C)C(=O)c2ccc([N+](=O)[O-])cc2Cl)n1. The topological polar surface area (TPSA) is 105 Å². The van der Waals surface area contributed by atoms with Gasteiger partial charge in [-0.25, -0.2) is 4.98 Å². The number of nitrogens with one attached hydrogen (secondary N) is 1. The summed E-state index contributed by atoms with van der Waals surface area (Å²) >= 11 is 7.22. The maximum Gasteiger partial charge on any atom is 0.270 e. The number of non-ortho nitro benzene ring substituents is 1. The minimum Gasteiger partial charge on any atom is -0.354 e. The Bertz CT molecular complexity index is 808. The van der Waals surface area contributed by atoms with Crippen LogP contribution in [0.3, 0.4) is 0 Å². The fourth-order valence-corrected chi connectivity index (χ4v) is 2.97. The third-order valence-corrected chi connectivity index (χ3v) is 4.27. The number of hydrogen-bond donors (Lipinski definition) is 1. The van der Waals surface area contributed by atoms with Crippen molar-refractivity contribution in [3.05, 3.63) is 55.0 Å². The third kappa shape index (κ3) is 3.87. The molecule has 0 aliphatic rings. The minimum absolute atomic E-state index is 0.00578. The van der Waals surface area contributed by atoms with E-state index in [1.807, 2.05) is 0 Å². The lowest BCUT2D eigenvalue weighted by molar-refractivity contribution is -0.384. The van der Waals surface area contributed by atoms with Crippen LogP contribution in [0.4, 0.5) is 5.69 Å². The first-order valence-corrected chi connectivity index (χ1v) is 7.95. The second-order valence-electron chi connectivity index (χ2n) is 4.79. The van der Waals surface area contributed by atoms with Gasteiger partial charge in [-0.05, 0) is 6.07 Å². The smallest absolute Gasteiger partial charge is 0.270 e. The van der Waals surface area contributed by atoms with Gasteiger partial charge in [0.1, 0.15) is 10.7 Å². The Morgan fingerprint density at radius 3 is 2.75 bits per heavy atom. The molecule has 1 heterocycles. The highest BCUT2D eigenvalue weighted by Crippen LogP contribution is 2.24. The Kier molecular flexibility index (Phi) is 5.47. The molecule has 2 amide bonds. The van der Waals surface area contributed by atoms with Gasteiger partial charge in [-0.2, -0.15) is 0 Å². The molecular weight excluding hydrogens is 356 g/mol. The predicted molar refractivity (Wildman–Crippen MR) is 89.4 cm³/mol. The van der Waals surface area contributed by atoms with Gasteiger partial charge in [-0.15, -0.1) is 11.3 Å². The standard InChI is InChI=1S/C14H13ClN4O4S/c1-16-13(20)11-7-24-12(17-11)6-18(2)14(21)9-4-3-8(19(22)23)5-10(9)15/h3-5,7H,6H2,1-2H3,(H,16,20). The fraction of sp³-hybridized carbons (Fsp3) is 0.214. The van der Waals surface area contributed by atoms with Crippen molar-refractivity contribution in [1.82, 2.24) is 15.2 Å². The van der Waals surface area contributed by atoms with E-state index >= 15 is 0 Å². The predicted octanol–water partition coefficient (Wildman–Crippen LogP) is 2.34. The molecule has 1 N–H and O–H groups in total. The summed E-state index contributed by atoms with van der Waals surface area (Å²) in [5, 5.41) is 15.4. The van der Waals surface area contributed by atoms with Gasteiger partial charge in [-0.1, -0.05) is 11.6 Å². The summed E-state index contributed by atoms with van der Waals surface area (Å²) in [5.74, 6) is -0.698. The molecule has 24 heavy (non-hydrogen) atoms. The molecule has 2 rings (SSSR count). The maximum absolute atomic E-state index is 12.4. The first-order chi connectivity index (χ1) is 11.3. The van der Waals surface area contributed by atoms with Crippen molar-refractivity contribution in [2.75, 3.05) is 14.1 Å². The van der Waals surface area contributed by atoms with Crippen LogP contribution in [0, 0.1) is 10.1 Å². The number of nitrogens with zero attached hydrogens (tertiary/aromatic N) is 3. The molecule has 0 saturated heterocycles. The summed E-state index contributed by atoms with van der Waals surface area (Å²) in [5.41, 5.74) is 0.258. The summed E-state index contributed by atoms with van der Waals surface area (Å²) in [6.07, 6.45) is 0. The van der Waals surface area contributed by atoms with Gasteiger partial charge in [0.25, 0.3) is 17.5 Å². The highest BCUT2D eigenvalue weighted by atomic mass is 35.5. The molecule has 0 atom stereocenters. The number of amides is 2. The summed E-state index contributed by atoms with van der Waals surface area (Å²) in [7, 11) is 3.06. The molecule has 1 aromatic heterocycles. The van der Waals surface area contributed by atoms with Crippen LogP contribution in [0.5, 0.6) is 0 Å². The van der Waals surface area contributed by atoms with E-state index in [2.05, 4.69) is 10.3 Å². The molecule has 0 spiro atoms. The van der Waals surface area contributed by atoms with E-state index in [9.17, 15) is 19.7 Å². The molecule has 0 fully saturated rings. The zero-order chi connectivity index (χ0) is 17.9. The number of halogens is 1. The van der Waals surface area contributed by atoms with Crippen LogP contribution < -0.4 is 5.32 Å². The average molecular weight is 369 g/mol. The fourth-order valence-electron chi connectivity index (χ4n) is 1.89. The molecular formula is C14H13ClN4O4S. The Morgan fingerprint density at radius 2 is 2.17 bits per heavy atom. The number of carbonyl (C=O) groups is 2. The quantitative estimate of drug-likeness (QED) is 0.644. The van der Waals surface area contributed by atoms with Crippen LogP contribution in [0.25, 0.3) is 0 Å². The van der Waals surface area contributed by atoms with Crippen molar-refractivity contribution >= 4 is 40.4 Å². The van der Waals surface area contributed by atoms with Crippen molar-refractivity contribution in [2.24, 2.45) is 0 Å². The van der Waals surface area contributed by atoms with Gasteiger partial charge in [0.2, 0.25) is 0 Å². The molecule has 0 bridgehead atoms. The molecule has 0 aliphatic carbocycles. The van der Waals surface area contributed by atoms with E-state index in [4.69, 9.17) is 11.6 Å². The second-order valence-corrected chi connectivity index (χ2v) is 6.14. The molecule has 0 unspecified atom stereocenters. The van der Waals surface area contributed by atoms with E-state index in [-0.39, 0.29) is 34.4 Å². The first kappa shape index (κ1) is 17.8. The Hall–Kier alpha value is -2.52. The molecule has 1 aromatic carbocycles. The highest BCUT2D eigenvalue weighted by molar-refractivity contribution is 7.09. The number of rotatable bonds is 5. The number of nitro groups is 1. The van der Waals surface area contributed by atoms with Crippen molar-refractivity contribution in [1.29, 1.82) is 0 Å². The Labute approximate surface area is 146 Å². The Morgan fingerprint density at radius 1 is 1.46 bits per heavy atom. The zero-order valence-corrected chi connectivity index (χ0v) is 14.3. The van der Waals surface area contributed by atoms with E-state index in [1.165, 1.54) is 35.4 Å². The average Bonchev–Trinajstić information content (AvgIpc) is 3.01. The first-order valence-electron chi connectivity index (χ1n) is 6.69. The normalized spacial score (nSPS) is 10.3. The molecule has 0 saturated carbocycles. The maximum atomic E-state index is 12.4. The van der Waals surface area contributed by atoms with Crippen LogP contribution in [0.1, 0.15) is 25.9 Å². The van der Waals surface area contributed by atoms with Crippen LogP contribution >= 0.6 is 22.9 Å². The number of carbonyl (C=O) groups excluding carboxylic acids is 2. The monoisotopic (exact) mass is 368 g/mol. The highest BCUT2D eigenvalue weighted by Gasteiger charge is 2.19. The van der Waals surface area contributed by atoms with E-state index < -0.39 is 10.8 Å². The van der Waals surface area contributed by atoms with Gasteiger partial charge in [0.15, 0.2) is 0 Å². The van der Waals surface area contributed by atoms with Gasteiger partial charge in [0.05, 0.1) is 22.1 Å². The second kappa shape index (κ2) is 7.37. The third-order valence-electron chi connectivity index (χ3n) is 3.12. The van der Waals surface area contributed by atoms with Crippen LogP contribution in [0.15, 0.2) is 23.6 Å². The van der Waals surface area contributed by atoms with Gasteiger partial charge in [-0.3, -0.25) is 19.7 Å². The molecule has 10 heteroatoms. The van der Waals surface area contributed by atoms with E-state index in [1.54, 1.807) is 12.4 Å². The zero-order valence-electron chi connectivity index (χ0n) is 12.8. The summed E-state index contributed by atoms with van der Waals surface area (Å²) < 4.78 is 0. The number of aromatic nitrogens is 1. The largest absolute Gasteiger partial charge is 0.354 e. The van der Waals surface area contributed by atoms with Crippen LogP contribution in [-0.2, 0) is 6.54 Å². The lowest BCUT2D eigenvalue weighted by atomic mass is 10.2. The van der Waals surface area contributed by atoms with Gasteiger partial charge in [0, 0.05) is 31.6 Å². The van der Waals surface area contributed by atoms with Crippen molar-refractivity contribution in [2.45, 2.75) is 6.54 Å². The van der Waals surface area contributed by atoms with Crippen molar-refractivity contribution in [3.8, 4) is 0 Å². The van der Waals surface area contributed by atoms with Gasteiger partial charge < -0.3 is 10.2 Å². The van der Waals surface area contributed by atoms with E-state index in [0.29, 0.717) is 5.01 Å². The summed E-state index contributed by atoms with van der Waals surface area (Å²) in [6.45, 7) is 0.188. The van der Waals surface area contributed by atoms with Crippen LogP contribution in [0.2, 0.25) is 5.02 Å². The number of thiazole rings is 1. The lowest BCUT2D eigenvalue weighted by Gasteiger charge is -2.16. The van der Waals surface area contributed by atoms with Crippen molar-refractivity contribution in [3.63, 3.8) is 0 Å². The molecule has 126 valence electrons. The minimum atomic E-state index is -0.584. The molecule has 8 nitrogen and oxygen atoms in total. The number of benzene rings is 1. The molecule has 0 aliphatic heterocycles. The lowest BCUT2D eigenvalue weighted by Crippen LogP contribution is -2.26. The van der Waals surface area contributed by atoms with Crippen molar-refractivity contribution < 1.29 is 14.5 Å². The Balaban J connectivity index is 2.13.